The molecule has 0 bridgehead atoms. The number of likely N-dealkylation sites (tertiary alicyclic amines) is 1. The van der Waals surface area contributed by atoms with Crippen LogP contribution in [0.3, 0.4) is 0 Å². The minimum Gasteiger partial charge on any atom is -0.371 e. The number of anilines is 2. The monoisotopic (exact) mass is 349 g/mol. The van der Waals surface area contributed by atoms with Crippen molar-refractivity contribution in [3.63, 3.8) is 0 Å². The Morgan fingerprint density at radius 3 is 2.19 bits per heavy atom. The van der Waals surface area contributed by atoms with Gasteiger partial charge in [-0.05, 0) is 37.1 Å². The lowest BCUT2D eigenvalue weighted by Crippen LogP contribution is -2.43. The smallest absolute Gasteiger partial charge is 0.328 e. The van der Waals surface area contributed by atoms with Crippen molar-refractivity contribution in [3.8, 4) is 0 Å². The van der Waals surface area contributed by atoms with Gasteiger partial charge in [-0.2, -0.15) is 0 Å². The molecule has 4 rings (SSSR count). The van der Waals surface area contributed by atoms with Crippen LogP contribution in [0.1, 0.15) is 19.3 Å². The minimum absolute atomic E-state index is 0.0633. The molecule has 0 unspecified atom stereocenters. The van der Waals surface area contributed by atoms with Crippen molar-refractivity contribution < 1.29 is 9.59 Å². The van der Waals surface area contributed by atoms with E-state index in [0.29, 0.717) is 18.7 Å². The SMILES string of the molecule is O=C1CC2(CCN(c3ccccc3)CC2)CN1C(=O)Nc1ccccc1. The summed E-state index contributed by atoms with van der Waals surface area (Å²) in [6.07, 6.45) is 2.34. The fourth-order valence-corrected chi connectivity index (χ4v) is 4.01. The van der Waals surface area contributed by atoms with Crippen LogP contribution in [0, 0.1) is 5.41 Å². The summed E-state index contributed by atoms with van der Waals surface area (Å²) in [6.45, 7) is 2.37. The highest BCUT2D eigenvalue weighted by molar-refractivity contribution is 6.02. The van der Waals surface area contributed by atoms with Gasteiger partial charge in [0.05, 0.1) is 0 Å². The number of hydrogen-bond acceptors (Lipinski definition) is 3. The number of rotatable bonds is 2. The van der Waals surface area contributed by atoms with E-state index in [0.717, 1.165) is 25.9 Å². The van der Waals surface area contributed by atoms with Gasteiger partial charge >= 0.3 is 6.03 Å². The molecule has 26 heavy (non-hydrogen) atoms. The molecule has 2 saturated heterocycles. The summed E-state index contributed by atoms with van der Waals surface area (Å²) < 4.78 is 0. The van der Waals surface area contributed by atoms with Gasteiger partial charge in [0, 0.05) is 42.8 Å². The van der Waals surface area contributed by atoms with E-state index in [1.165, 1.54) is 10.6 Å². The van der Waals surface area contributed by atoms with E-state index < -0.39 is 0 Å². The van der Waals surface area contributed by atoms with Crippen molar-refractivity contribution >= 4 is 23.3 Å². The number of piperidine rings is 1. The predicted octanol–water partition coefficient (Wildman–Crippen LogP) is 3.74. The van der Waals surface area contributed by atoms with Gasteiger partial charge in [0.25, 0.3) is 0 Å². The lowest BCUT2D eigenvalue weighted by molar-refractivity contribution is -0.125. The Balaban J connectivity index is 1.39. The van der Waals surface area contributed by atoms with Gasteiger partial charge in [-0.15, -0.1) is 0 Å². The number of nitrogens with zero attached hydrogens (tertiary/aromatic N) is 2. The Bertz CT molecular complexity index is 783. The lowest BCUT2D eigenvalue weighted by Gasteiger charge is -2.39. The number of benzene rings is 2. The second-order valence-electron chi connectivity index (χ2n) is 7.28. The van der Waals surface area contributed by atoms with E-state index >= 15 is 0 Å². The molecule has 2 aromatic carbocycles. The first kappa shape index (κ1) is 16.6. The summed E-state index contributed by atoms with van der Waals surface area (Å²) in [5, 5.41) is 2.83. The third-order valence-electron chi connectivity index (χ3n) is 5.54. The molecule has 2 fully saturated rings. The molecular formula is C21H23N3O2. The molecule has 0 radical (unpaired) electrons. The zero-order valence-electron chi connectivity index (χ0n) is 14.7. The highest BCUT2D eigenvalue weighted by Crippen LogP contribution is 2.42. The maximum absolute atomic E-state index is 12.5. The first-order chi connectivity index (χ1) is 12.7. The number of amides is 3. The molecule has 2 heterocycles. The number of carbonyl (C=O) groups excluding carboxylic acids is 2. The fraction of sp³-hybridized carbons (Fsp3) is 0.333. The van der Waals surface area contributed by atoms with Crippen molar-refractivity contribution in [2.45, 2.75) is 19.3 Å². The molecule has 1 spiro atoms. The Labute approximate surface area is 153 Å². The molecule has 0 saturated carbocycles. The van der Waals surface area contributed by atoms with Gasteiger partial charge < -0.3 is 10.2 Å². The molecule has 2 aliphatic rings. The second kappa shape index (κ2) is 6.83. The van der Waals surface area contributed by atoms with E-state index in [9.17, 15) is 9.59 Å². The van der Waals surface area contributed by atoms with Crippen LogP contribution < -0.4 is 10.2 Å². The van der Waals surface area contributed by atoms with Gasteiger partial charge in [0.1, 0.15) is 0 Å². The quantitative estimate of drug-likeness (QED) is 0.899. The molecular weight excluding hydrogens is 326 g/mol. The van der Waals surface area contributed by atoms with Crippen LogP contribution in [0.25, 0.3) is 0 Å². The third-order valence-corrected chi connectivity index (χ3v) is 5.54. The first-order valence-corrected chi connectivity index (χ1v) is 9.12. The normalized spacial score (nSPS) is 19.0. The molecule has 134 valence electrons. The number of hydrogen-bond donors (Lipinski definition) is 1. The third kappa shape index (κ3) is 3.29. The van der Waals surface area contributed by atoms with E-state index in [-0.39, 0.29) is 17.4 Å². The van der Waals surface area contributed by atoms with Crippen LogP contribution in [-0.2, 0) is 4.79 Å². The van der Waals surface area contributed by atoms with E-state index in [1.807, 2.05) is 36.4 Å². The molecule has 3 amide bonds. The molecule has 2 aliphatic heterocycles. The first-order valence-electron chi connectivity index (χ1n) is 9.12. The molecule has 5 nitrogen and oxygen atoms in total. The molecule has 0 aliphatic carbocycles. The van der Waals surface area contributed by atoms with E-state index in [1.54, 1.807) is 0 Å². The van der Waals surface area contributed by atoms with Gasteiger partial charge in [-0.25, -0.2) is 4.79 Å². The second-order valence-corrected chi connectivity index (χ2v) is 7.28. The highest BCUT2D eigenvalue weighted by Gasteiger charge is 2.47. The Hall–Kier alpha value is -2.82. The molecule has 0 aromatic heterocycles. The minimum atomic E-state index is -0.316. The zero-order valence-corrected chi connectivity index (χ0v) is 14.7. The number of para-hydroxylation sites is 2. The highest BCUT2D eigenvalue weighted by atomic mass is 16.2. The van der Waals surface area contributed by atoms with E-state index in [4.69, 9.17) is 0 Å². The standard InChI is InChI=1S/C21H23N3O2/c25-19-15-21(11-13-23(14-12-21)18-9-5-2-6-10-18)16-24(19)20(26)22-17-7-3-1-4-8-17/h1-10H,11-16H2,(H,22,26). The van der Waals surface area contributed by atoms with Gasteiger partial charge in [0.15, 0.2) is 0 Å². The van der Waals surface area contributed by atoms with Crippen molar-refractivity contribution in [1.82, 2.24) is 4.90 Å². The topological polar surface area (TPSA) is 52.7 Å². The molecule has 1 N–H and O–H groups in total. The fourth-order valence-electron chi connectivity index (χ4n) is 4.01. The summed E-state index contributed by atoms with van der Waals surface area (Å²) >= 11 is 0. The predicted molar refractivity (Wildman–Crippen MR) is 102 cm³/mol. The van der Waals surface area contributed by atoms with Crippen LogP contribution in [0.4, 0.5) is 16.2 Å². The van der Waals surface area contributed by atoms with Gasteiger partial charge in [0.2, 0.25) is 5.91 Å². The van der Waals surface area contributed by atoms with Crippen molar-refractivity contribution in [3.05, 3.63) is 60.7 Å². The lowest BCUT2D eigenvalue weighted by atomic mass is 9.77. The average molecular weight is 349 g/mol. The Morgan fingerprint density at radius 1 is 0.923 bits per heavy atom. The van der Waals surface area contributed by atoms with Crippen molar-refractivity contribution in [1.29, 1.82) is 0 Å². The summed E-state index contributed by atoms with van der Waals surface area (Å²) in [5.74, 6) is -0.0633. The number of carbonyl (C=O) groups is 2. The van der Waals surface area contributed by atoms with Crippen LogP contribution in [0.5, 0.6) is 0 Å². The number of nitrogens with one attached hydrogen (secondary N) is 1. The van der Waals surface area contributed by atoms with Gasteiger partial charge in [-0.3, -0.25) is 9.69 Å². The van der Waals surface area contributed by atoms with Crippen LogP contribution in [0.2, 0.25) is 0 Å². The zero-order chi connectivity index (χ0) is 18.0. The van der Waals surface area contributed by atoms with Crippen molar-refractivity contribution in [2.75, 3.05) is 29.9 Å². The summed E-state index contributed by atoms with van der Waals surface area (Å²) in [5.41, 5.74) is 1.87. The summed E-state index contributed by atoms with van der Waals surface area (Å²) in [6, 6.07) is 19.3. The van der Waals surface area contributed by atoms with Gasteiger partial charge in [-0.1, -0.05) is 36.4 Å². The average Bonchev–Trinajstić information content (AvgIpc) is 3.00. The maximum Gasteiger partial charge on any atom is 0.328 e. The van der Waals surface area contributed by atoms with E-state index in [2.05, 4.69) is 34.5 Å². The van der Waals surface area contributed by atoms with Crippen LogP contribution in [0.15, 0.2) is 60.7 Å². The Kier molecular flexibility index (Phi) is 4.37. The van der Waals surface area contributed by atoms with Crippen LogP contribution >= 0.6 is 0 Å². The molecule has 0 atom stereocenters. The van der Waals surface area contributed by atoms with Crippen LogP contribution in [-0.4, -0.2) is 36.5 Å². The largest absolute Gasteiger partial charge is 0.371 e. The molecule has 5 heteroatoms. The van der Waals surface area contributed by atoms with Crippen molar-refractivity contribution in [2.24, 2.45) is 5.41 Å². The number of imide groups is 1. The molecule has 2 aromatic rings. The summed E-state index contributed by atoms with van der Waals surface area (Å²) in [4.78, 5) is 28.8. The maximum atomic E-state index is 12.5. The number of urea groups is 1. The Morgan fingerprint density at radius 2 is 1.54 bits per heavy atom. The summed E-state index contributed by atoms with van der Waals surface area (Å²) in [7, 11) is 0.